The normalized spacial score (nSPS) is 23.2. The highest BCUT2D eigenvalue weighted by Gasteiger charge is 2.32. The second-order valence-electron chi connectivity index (χ2n) is 5.05. The molecule has 0 aliphatic carbocycles. The summed E-state index contributed by atoms with van der Waals surface area (Å²) < 4.78 is 0.449. The minimum Gasteiger partial charge on any atom is -0.390 e. The predicted octanol–water partition coefficient (Wildman–Crippen LogP) is 2.67. The van der Waals surface area contributed by atoms with E-state index in [-0.39, 0.29) is 0 Å². The maximum absolute atomic E-state index is 9.85. The van der Waals surface area contributed by atoms with Crippen molar-refractivity contribution in [3.63, 3.8) is 0 Å². The van der Waals surface area contributed by atoms with E-state index in [4.69, 9.17) is 0 Å². The Balaban J connectivity index is 2.23. The lowest BCUT2D eigenvalue weighted by molar-refractivity contribution is 0.0636. The fourth-order valence-electron chi connectivity index (χ4n) is 1.92. The Labute approximate surface area is 102 Å². The Bertz CT molecular complexity index is 417. The molecule has 2 rings (SSSR count). The second kappa shape index (κ2) is 4.43. The topological polar surface area (TPSA) is 32.6 Å². The van der Waals surface area contributed by atoms with Crippen molar-refractivity contribution in [1.29, 1.82) is 0 Å². The molecule has 0 bridgehead atoms. The molecule has 1 N–H and O–H groups in total. The van der Waals surface area contributed by atoms with E-state index >= 15 is 0 Å². The first kappa shape index (κ1) is 12.0. The standard InChI is InChI=1S/C14H19N2O/c1-14(2,17)9-12-16(11-6-10-15-16)13-7-4-3-5-8-13/h3-8,10-11,17H,9,12H2,1-2H3/q+1. The van der Waals surface area contributed by atoms with Crippen molar-refractivity contribution in [3.05, 3.63) is 42.6 Å². The zero-order chi connectivity index (χ0) is 12.4. The Morgan fingerprint density at radius 2 is 1.94 bits per heavy atom. The van der Waals surface area contributed by atoms with E-state index in [1.54, 1.807) is 0 Å². The SMILES string of the molecule is CC(C)(O)CC[N+]1(c2ccccc2)C=CC=N1. The Morgan fingerprint density at radius 1 is 1.24 bits per heavy atom. The van der Waals surface area contributed by atoms with Gasteiger partial charge < -0.3 is 5.11 Å². The van der Waals surface area contributed by atoms with Gasteiger partial charge in [0.05, 0.1) is 11.8 Å². The number of quaternary nitrogens is 1. The molecule has 17 heavy (non-hydrogen) atoms. The van der Waals surface area contributed by atoms with Crippen LogP contribution in [0.15, 0.2) is 47.7 Å². The van der Waals surface area contributed by atoms with E-state index in [1.165, 1.54) is 0 Å². The first-order valence-corrected chi connectivity index (χ1v) is 5.91. The third-order valence-electron chi connectivity index (χ3n) is 2.96. The van der Waals surface area contributed by atoms with Gasteiger partial charge in [0.25, 0.3) is 0 Å². The Kier molecular flexibility index (Phi) is 3.13. The molecule has 1 unspecified atom stereocenters. The van der Waals surface area contributed by atoms with Crippen LogP contribution in [0.2, 0.25) is 0 Å². The molecule has 1 aliphatic rings. The van der Waals surface area contributed by atoms with Gasteiger partial charge in [-0.15, -0.1) is 4.59 Å². The summed E-state index contributed by atoms with van der Waals surface area (Å²) in [7, 11) is 0. The molecule has 1 aromatic rings. The third-order valence-corrected chi connectivity index (χ3v) is 2.96. The van der Waals surface area contributed by atoms with Crippen molar-refractivity contribution in [2.45, 2.75) is 25.9 Å². The van der Waals surface area contributed by atoms with Crippen molar-refractivity contribution in [1.82, 2.24) is 4.59 Å². The summed E-state index contributed by atoms with van der Waals surface area (Å²) in [5.74, 6) is 0. The molecule has 3 nitrogen and oxygen atoms in total. The molecule has 0 amide bonds. The van der Waals surface area contributed by atoms with E-state index in [9.17, 15) is 5.11 Å². The van der Waals surface area contributed by atoms with Gasteiger partial charge >= 0.3 is 0 Å². The summed E-state index contributed by atoms with van der Waals surface area (Å²) in [5, 5.41) is 14.4. The largest absolute Gasteiger partial charge is 0.390 e. The summed E-state index contributed by atoms with van der Waals surface area (Å²) >= 11 is 0. The van der Waals surface area contributed by atoms with Gasteiger partial charge in [0.1, 0.15) is 12.7 Å². The van der Waals surface area contributed by atoms with Crippen LogP contribution in [0.5, 0.6) is 0 Å². The molecular weight excluding hydrogens is 212 g/mol. The van der Waals surface area contributed by atoms with Crippen LogP contribution in [-0.2, 0) is 0 Å². The van der Waals surface area contributed by atoms with Crippen LogP contribution in [0.4, 0.5) is 5.69 Å². The number of hydrogen-bond acceptors (Lipinski definition) is 2. The van der Waals surface area contributed by atoms with Gasteiger partial charge in [-0.05, 0) is 13.8 Å². The fourth-order valence-corrected chi connectivity index (χ4v) is 1.92. The molecular formula is C14H19N2O+. The number of nitrogens with zero attached hydrogens (tertiary/aromatic N) is 2. The van der Waals surface area contributed by atoms with E-state index < -0.39 is 5.60 Å². The average molecular weight is 231 g/mol. The molecule has 0 saturated carbocycles. The van der Waals surface area contributed by atoms with Crippen molar-refractivity contribution >= 4 is 11.9 Å². The number of benzene rings is 1. The van der Waals surface area contributed by atoms with Gasteiger partial charge in [-0.2, -0.15) is 0 Å². The number of allylic oxidation sites excluding steroid dienone is 1. The summed E-state index contributed by atoms with van der Waals surface area (Å²) in [6.07, 6.45) is 6.53. The van der Waals surface area contributed by atoms with E-state index in [0.717, 1.165) is 12.2 Å². The van der Waals surface area contributed by atoms with E-state index in [2.05, 4.69) is 23.4 Å². The van der Waals surface area contributed by atoms with Gasteiger partial charge in [-0.3, -0.25) is 0 Å². The Morgan fingerprint density at radius 3 is 2.47 bits per heavy atom. The van der Waals surface area contributed by atoms with Crippen molar-refractivity contribution in [2.24, 2.45) is 5.10 Å². The predicted molar refractivity (Wildman–Crippen MR) is 71.6 cm³/mol. The zero-order valence-electron chi connectivity index (χ0n) is 10.4. The van der Waals surface area contributed by atoms with Gasteiger partial charge in [0, 0.05) is 24.6 Å². The van der Waals surface area contributed by atoms with Gasteiger partial charge in [-0.25, -0.2) is 0 Å². The lowest BCUT2D eigenvalue weighted by Crippen LogP contribution is -2.40. The molecule has 90 valence electrons. The van der Waals surface area contributed by atoms with Crippen LogP contribution in [0.1, 0.15) is 20.3 Å². The zero-order valence-corrected chi connectivity index (χ0v) is 10.4. The summed E-state index contributed by atoms with van der Waals surface area (Å²) in [6, 6.07) is 10.2. The quantitative estimate of drug-likeness (QED) is 0.794. The van der Waals surface area contributed by atoms with E-state index in [1.807, 2.05) is 44.3 Å². The first-order valence-electron chi connectivity index (χ1n) is 5.91. The number of para-hydroxylation sites is 1. The molecule has 1 aliphatic heterocycles. The number of aliphatic hydroxyl groups is 1. The van der Waals surface area contributed by atoms with Gasteiger partial charge in [-0.1, -0.05) is 23.3 Å². The minimum absolute atomic E-state index is 0.449. The minimum atomic E-state index is -0.661. The number of hydrogen-bond donors (Lipinski definition) is 1. The molecule has 0 aromatic heterocycles. The van der Waals surface area contributed by atoms with Crippen molar-refractivity contribution in [3.8, 4) is 0 Å². The summed E-state index contributed by atoms with van der Waals surface area (Å²) in [6.45, 7) is 4.43. The molecule has 3 heteroatoms. The van der Waals surface area contributed by atoms with Crippen LogP contribution in [0.3, 0.4) is 0 Å². The smallest absolute Gasteiger partial charge is 0.163 e. The molecule has 1 aromatic carbocycles. The van der Waals surface area contributed by atoms with Crippen LogP contribution < -0.4 is 4.59 Å². The highest BCUT2D eigenvalue weighted by atomic mass is 16.3. The van der Waals surface area contributed by atoms with Crippen LogP contribution in [-0.4, -0.2) is 23.5 Å². The maximum atomic E-state index is 9.85. The van der Waals surface area contributed by atoms with Gasteiger partial charge in [0.2, 0.25) is 0 Å². The lowest BCUT2D eigenvalue weighted by Gasteiger charge is -2.28. The molecule has 1 atom stereocenters. The molecule has 0 fully saturated rings. The summed E-state index contributed by atoms with van der Waals surface area (Å²) in [4.78, 5) is 0. The lowest BCUT2D eigenvalue weighted by atomic mass is 10.1. The van der Waals surface area contributed by atoms with Crippen LogP contribution in [0, 0.1) is 0 Å². The van der Waals surface area contributed by atoms with E-state index in [0.29, 0.717) is 11.0 Å². The first-order chi connectivity index (χ1) is 8.02. The van der Waals surface area contributed by atoms with Crippen LogP contribution in [0.25, 0.3) is 0 Å². The van der Waals surface area contributed by atoms with Crippen molar-refractivity contribution in [2.75, 3.05) is 6.54 Å². The Hall–Kier alpha value is -1.45. The fraction of sp³-hybridized carbons (Fsp3) is 0.357. The molecule has 0 saturated heterocycles. The molecule has 0 radical (unpaired) electrons. The molecule has 1 heterocycles. The third kappa shape index (κ3) is 2.81. The number of rotatable bonds is 4. The summed E-state index contributed by atoms with van der Waals surface area (Å²) in [5.41, 5.74) is 0.466. The van der Waals surface area contributed by atoms with Crippen LogP contribution >= 0.6 is 0 Å². The monoisotopic (exact) mass is 231 g/mol. The van der Waals surface area contributed by atoms with Crippen molar-refractivity contribution < 1.29 is 5.11 Å². The maximum Gasteiger partial charge on any atom is 0.163 e. The molecule has 0 spiro atoms. The van der Waals surface area contributed by atoms with Gasteiger partial charge in [0.15, 0.2) is 5.69 Å². The second-order valence-corrected chi connectivity index (χ2v) is 5.05. The highest BCUT2D eigenvalue weighted by Crippen LogP contribution is 2.28. The average Bonchev–Trinajstić information content (AvgIpc) is 2.77. The highest BCUT2D eigenvalue weighted by molar-refractivity contribution is 5.75.